The van der Waals surface area contributed by atoms with E-state index >= 15 is 0 Å². The molecule has 0 aliphatic carbocycles. The molecule has 31 heavy (non-hydrogen) atoms. The molecule has 2 aliphatic heterocycles. The number of β-amino-alcohol motifs (C(OH)–C–C–N with tert-alkyl or cyclic N) is 1. The molecule has 0 saturated carbocycles. The van der Waals surface area contributed by atoms with Crippen molar-refractivity contribution in [2.45, 2.75) is 25.5 Å². The summed E-state index contributed by atoms with van der Waals surface area (Å²) in [5.74, 6) is 1.05. The summed E-state index contributed by atoms with van der Waals surface area (Å²) in [7, 11) is 4.65. The Morgan fingerprint density at radius 2 is 1.94 bits per heavy atom. The molecule has 2 unspecified atom stereocenters. The minimum absolute atomic E-state index is 0.0529. The molecule has 2 heterocycles. The van der Waals surface area contributed by atoms with Crippen molar-refractivity contribution in [3.63, 3.8) is 0 Å². The summed E-state index contributed by atoms with van der Waals surface area (Å²) >= 11 is 0. The maximum atomic E-state index is 12.9. The first-order valence-corrected chi connectivity index (χ1v) is 10.2. The van der Waals surface area contributed by atoms with Gasteiger partial charge in [0.15, 0.2) is 0 Å². The minimum atomic E-state index is -0.882. The largest absolute Gasteiger partial charge is 0.491 e. The van der Waals surface area contributed by atoms with Gasteiger partial charge in [0.1, 0.15) is 18.5 Å². The third-order valence-electron chi connectivity index (χ3n) is 5.21. The second-order valence-corrected chi connectivity index (χ2v) is 7.64. The number of nitrogens with zero attached hydrogens (tertiary/aromatic N) is 4. The molecule has 168 valence electrons. The highest BCUT2D eigenvalue weighted by atomic mass is 16.5. The lowest BCUT2D eigenvalue weighted by Crippen LogP contribution is -2.62. The van der Waals surface area contributed by atoms with E-state index in [1.807, 2.05) is 31.2 Å². The number of ether oxygens (including phenoxy) is 2. The molecule has 0 bridgehead atoms. The minimum Gasteiger partial charge on any atom is -0.491 e. The Morgan fingerprint density at radius 3 is 2.61 bits per heavy atom. The summed E-state index contributed by atoms with van der Waals surface area (Å²) in [6.07, 6.45) is -0.141. The standard InChI is InChI=1S/C21H29N5O5/c1-14-6-8-16(9-7-14)31-13-15(27)12-26-17-18(23-20(26)22-10-5-11-30-4)24(2)21(29)25(3)19(17)28/h6-9,15,17,27H,5,10-13H2,1-4H3/p+1. The Bertz CT molecular complexity index is 883. The van der Waals surface area contributed by atoms with E-state index in [0.29, 0.717) is 30.7 Å². The van der Waals surface area contributed by atoms with Crippen LogP contribution in [0.3, 0.4) is 0 Å². The fourth-order valence-corrected chi connectivity index (χ4v) is 3.45. The number of fused-ring (bicyclic) bond motifs is 1. The summed E-state index contributed by atoms with van der Waals surface area (Å²) in [5.41, 5.74) is 1.12. The van der Waals surface area contributed by atoms with Gasteiger partial charge >= 0.3 is 12.0 Å². The highest BCUT2D eigenvalue weighted by Gasteiger charge is 2.51. The van der Waals surface area contributed by atoms with Crippen LogP contribution in [0.15, 0.2) is 29.3 Å². The van der Waals surface area contributed by atoms with Crippen LogP contribution < -0.4 is 10.1 Å². The number of urea groups is 1. The number of hydrogen-bond acceptors (Lipinski definition) is 7. The van der Waals surface area contributed by atoms with Crippen LogP contribution in [0.5, 0.6) is 5.75 Å². The summed E-state index contributed by atoms with van der Waals surface area (Å²) in [6, 6.07) is 6.32. The highest BCUT2D eigenvalue weighted by molar-refractivity contribution is 6.22. The number of carbonyl (C=O) groups excluding carboxylic acids is 2. The number of carbonyl (C=O) groups is 2. The number of aliphatic hydroxyl groups excluding tert-OH is 1. The van der Waals surface area contributed by atoms with Gasteiger partial charge in [-0.25, -0.2) is 9.37 Å². The van der Waals surface area contributed by atoms with Crippen LogP contribution in [-0.2, 0) is 9.53 Å². The zero-order valence-corrected chi connectivity index (χ0v) is 18.4. The number of guanidine groups is 1. The number of aliphatic hydroxyl groups is 1. The second-order valence-electron chi connectivity index (χ2n) is 7.64. The van der Waals surface area contributed by atoms with Gasteiger partial charge in [0.2, 0.25) is 11.9 Å². The number of aryl methyl sites for hydroxylation is 1. The zero-order chi connectivity index (χ0) is 22.5. The second kappa shape index (κ2) is 9.88. The maximum absolute atomic E-state index is 12.9. The molecule has 0 radical (unpaired) electrons. The van der Waals surface area contributed by atoms with E-state index in [1.165, 1.54) is 11.9 Å². The average molecular weight is 433 g/mol. The number of rotatable bonds is 9. The summed E-state index contributed by atoms with van der Waals surface area (Å²) in [4.78, 5) is 32.1. The fourth-order valence-electron chi connectivity index (χ4n) is 3.45. The van der Waals surface area contributed by atoms with Gasteiger partial charge in [-0.1, -0.05) is 22.7 Å². The molecule has 10 nitrogen and oxygen atoms in total. The topological polar surface area (TPSA) is 107 Å². The van der Waals surface area contributed by atoms with E-state index in [1.54, 1.807) is 18.7 Å². The van der Waals surface area contributed by atoms with Crippen molar-refractivity contribution in [2.75, 3.05) is 47.5 Å². The molecule has 0 spiro atoms. The van der Waals surface area contributed by atoms with Crippen LogP contribution in [0.4, 0.5) is 4.79 Å². The summed E-state index contributed by atoms with van der Waals surface area (Å²) in [5, 5.41) is 13.8. The van der Waals surface area contributed by atoms with Gasteiger partial charge in [-0.3, -0.25) is 19.9 Å². The molecular formula is C21H30N5O5+. The molecule has 10 heteroatoms. The van der Waals surface area contributed by atoms with Crippen molar-refractivity contribution in [1.82, 2.24) is 15.1 Å². The Balaban J connectivity index is 1.74. The van der Waals surface area contributed by atoms with Crippen LogP contribution in [0.1, 0.15) is 12.0 Å². The van der Waals surface area contributed by atoms with Crippen molar-refractivity contribution in [2.24, 2.45) is 4.99 Å². The Morgan fingerprint density at radius 1 is 1.23 bits per heavy atom. The normalized spacial score (nSPS) is 19.5. The number of nitrogens with one attached hydrogen (secondary N) is 1. The number of methoxy groups -OCH3 is 1. The molecule has 2 aliphatic rings. The third-order valence-corrected chi connectivity index (χ3v) is 5.21. The van der Waals surface area contributed by atoms with E-state index in [4.69, 9.17) is 9.47 Å². The van der Waals surface area contributed by atoms with Crippen molar-refractivity contribution in [3.05, 3.63) is 29.8 Å². The first-order chi connectivity index (χ1) is 14.8. The summed E-state index contributed by atoms with van der Waals surface area (Å²) in [6.45, 7) is 3.30. The predicted molar refractivity (Wildman–Crippen MR) is 114 cm³/mol. The van der Waals surface area contributed by atoms with E-state index in [9.17, 15) is 14.7 Å². The Labute approximate surface area is 181 Å². The highest BCUT2D eigenvalue weighted by Crippen LogP contribution is 2.19. The maximum Gasteiger partial charge on any atom is 0.390 e. The first-order valence-electron chi connectivity index (χ1n) is 10.2. The number of benzene rings is 1. The molecular weight excluding hydrogens is 402 g/mol. The van der Waals surface area contributed by atoms with E-state index in [-0.39, 0.29) is 19.1 Å². The lowest BCUT2D eigenvalue weighted by molar-refractivity contribution is -0.545. The number of aliphatic imine (C=N–C) groups is 1. The van der Waals surface area contributed by atoms with E-state index < -0.39 is 18.2 Å². The van der Waals surface area contributed by atoms with Gasteiger partial charge in [0.25, 0.3) is 5.91 Å². The lowest BCUT2D eigenvalue weighted by Gasteiger charge is -2.32. The Hall–Kier alpha value is -2.98. The number of hydrogen-bond donors (Lipinski definition) is 2. The average Bonchev–Trinajstić information content (AvgIpc) is 3.11. The molecule has 1 saturated heterocycles. The van der Waals surface area contributed by atoms with Gasteiger partial charge in [-0.15, -0.1) is 0 Å². The lowest BCUT2D eigenvalue weighted by atomic mass is 10.1. The molecule has 1 fully saturated rings. The monoisotopic (exact) mass is 432 g/mol. The van der Waals surface area contributed by atoms with E-state index in [2.05, 4.69) is 10.3 Å². The molecule has 3 amide bonds. The molecule has 2 N–H and O–H groups in total. The number of amides is 3. The molecule has 3 rings (SSSR count). The van der Waals surface area contributed by atoms with Gasteiger partial charge < -0.3 is 14.6 Å². The number of likely N-dealkylation sites (N-methyl/N-ethyl adjacent to an activating group) is 2. The molecule has 2 atom stereocenters. The summed E-state index contributed by atoms with van der Waals surface area (Å²) < 4.78 is 12.4. The first kappa shape index (κ1) is 22.7. The third kappa shape index (κ3) is 5.02. The fraction of sp³-hybridized carbons (Fsp3) is 0.524. The van der Waals surface area contributed by atoms with Crippen LogP contribution in [0.2, 0.25) is 0 Å². The van der Waals surface area contributed by atoms with Crippen LogP contribution >= 0.6 is 0 Å². The number of amidine groups is 1. The SMILES string of the molecule is COCCCNC1=[N+](CC(O)COc2ccc(C)cc2)C2C(=O)N(C)C(=O)N(C)C2=N1. The van der Waals surface area contributed by atoms with Crippen molar-refractivity contribution >= 4 is 23.7 Å². The quantitative estimate of drug-likeness (QED) is 0.421. The van der Waals surface area contributed by atoms with E-state index in [0.717, 1.165) is 16.9 Å². The van der Waals surface area contributed by atoms with Crippen LogP contribution in [0, 0.1) is 6.92 Å². The molecule has 1 aromatic rings. The van der Waals surface area contributed by atoms with Gasteiger partial charge in [0.05, 0.1) is 13.1 Å². The van der Waals surface area contributed by atoms with Gasteiger partial charge in [-0.2, -0.15) is 0 Å². The van der Waals surface area contributed by atoms with Crippen molar-refractivity contribution < 1.29 is 28.7 Å². The number of imide groups is 1. The van der Waals surface area contributed by atoms with Crippen molar-refractivity contribution in [1.29, 1.82) is 0 Å². The van der Waals surface area contributed by atoms with Crippen molar-refractivity contribution in [3.8, 4) is 5.75 Å². The Kier molecular flexibility index (Phi) is 7.24. The smallest absolute Gasteiger partial charge is 0.390 e. The predicted octanol–water partition coefficient (Wildman–Crippen LogP) is 0.0338. The molecule has 0 aromatic heterocycles. The van der Waals surface area contributed by atoms with Gasteiger partial charge in [0, 0.05) is 34.2 Å². The zero-order valence-electron chi connectivity index (χ0n) is 18.4. The van der Waals surface area contributed by atoms with Crippen LogP contribution in [-0.4, -0.2) is 103 Å². The van der Waals surface area contributed by atoms with Crippen LogP contribution in [0.25, 0.3) is 0 Å². The van der Waals surface area contributed by atoms with Gasteiger partial charge in [-0.05, 0) is 19.1 Å². The molecule has 1 aromatic carbocycles.